The molecular weight excluding hydrogens is 426 g/mol. The average molecular weight is 452 g/mol. The second kappa shape index (κ2) is 10.6. The SMILES string of the molecule is Cc1cc(NC(=O)CN2C[C@H]3C[C@@H](Oc4cccc(Cl)c4)[C@H](O)C[C@H]3C2)no1.O=CO. The number of fused-ring (bicyclic) bond motifs is 1. The molecule has 1 saturated heterocycles. The van der Waals surface area contributed by atoms with E-state index in [4.69, 9.17) is 30.8 Å². The van der Waals surface area contributed by atoms with Crippen LogP contribution in [0.25, 0.3) is 0 Å². The Balaban J connectivity index is 0.000000858. The number of nitrogens with one attached hydrogen (secondary N) is 1. The van der Waals surface area contributed by atoms with Crippen molar-refractivity contribution in [2.24, 2.45) is 11.8 Å². The number of aliphatic hydroxyl groups is 1. The number of halogens is 1. The van der Waals surface area contributed by atoms with E-state index in [1.165, 1.54) is 0 Å². The fourth-order valence-corrected chi connectivity index (χ4v) is 4.45. The van der Waals surface area contributed by atoms with Crippen molar-refractivity contribution in [2.45, 2.75) is 32.0 Å². The lowest BCUT2D eigenvalue weighted by Gasteiger charge is -2.35. The van der Waals surface area contributed by atoms with Crippen molar-refractivity contribution in [1.82, 2.24) is 10.1 Å². The molecule has 1 aromatic heterocycles. The predicted molar refractivity (Wildman–Crippen MR) is 113 cm³/mol. The maximum Gasteiger partial charge on any atom is 0.290 e. The van der Waals surface area contributed by atoms with Gasteiger partial charge in [0.1, 0.15) is 17.6 Å². The number of hydrogen-bond acceptors (Lipinski definition) is 7. The Hall–Kier alpha value is -2.62. The smallest absolute Gasteiger partial charge is 0.290 e. The summed E-state index contributed by atoms with van der Waals surface area (Å²) in [4.78, 5) is 22.8. The van der Waals surface area contributed by atoms with Crippen molar-refractivity contribution in [3.05, 3.63) is 41.1 Å². The van der Waals surface area contributed by atoms with Gasteiger partial charge in [-0.15, -0.1) is 0 Å². The van der Waals surface area contributed by atoms with Crippen LogP contribution in [0, 0.1) is 18.8 Å². The topological polar surface area (TPSA) is 125 Å². The molecule has 2 aliphatic rings. The quantitative estimate of drug-likeness (QED) is 0.592. The first-order valence-corrected chi connectivity index (χ1v) is 10.4. The van der Waals surface area contributed by atoms with Crippen LogP contribution in [0.4, 0.5) is 5.82 Å². The highest BCUT2D eigenvalue weighted by Crippen LogP contribution is 2.38. The van der Waals surface area contributed by atoms with Crippen LogP contribution in [0.5, 0.6) is 5.75 Å². The van der Waals surface area contributed by atoms with Crippen molar-refractivity contribution in [1.29, 1.82) is 0 Å². The van der Waals surface area contributed by atoms with Gasteiger partial charge >= 0.3 is 0 Å². The molecule has 2 heterocycles. The number of aliphatic hydroxyl groups excluding tert-OH is 1. The number of ether oxygens (including phenoxy) is 1. The van der Waals surface area contributed by atoms with Crippen LogP contribution in [-0.4, -0.2) is 64.5 Å². The maximum absolute atomic E-state index is 12.3. The number of aromatic nitrogens is 1. The molecule has 4 atom stereocenters. The van der Waals surface area contributed by atoms with Gasteiger partial charge in [0.05, 0.1) is 12.6 Å². The molecule has 10 heteroatoms. The molecule has 0 spiro atoms. The summed E-state index contributed by atoms with van der Waals surface area (Å²) in [6.07, 6.45) is 0.661. The minimum Gasteiger partial charge on any atom is -0.488 e. The molecule has 3 N–H and O–H groups in total. The molecule has 1 saturated carbocycles. The van der Waals surface area contributed by atoms with Crippen molar-refractivity contribution in [3.8, 4) is 5.75 Å². The largest absolute Gasteiger partial charge is 0.488 e. The van der Waals surface area contributed by atoms with E-state index >= 15 is 0 Å². The van der Waals surface area contributed by atoms with Gasteiger partial charge in [-0.3, -0.25) is 14.5 Å². The van der Waals surface area contributed by atoms with Crippen LogP contribution in [0.2, 0.25) is 5.02 Å². The minimum atomic E-state index is -0.521. The first-order chi connectivity index (χ1) is 14.9. The monoisotopic (exact) mass is 451 g/mol. The zero-order valence-corrected chi connectivity index (χ0v) is 17.9. The second-order valence-electron chi connectivity index (χ2n) is 7.84. The van der Waals surface area contributed by atoms with E-state index < -0.39 is 6.10 Å². The number of carbonyl (C=O) groups is 2. The van der Waals surface area contributed by atoms with E-state index in [0.717, 1.165) is 19.5 Å². The third kappa shape index (κ3) is 6.43. The number of rotatable bonds is 5. The molecule has 31 heavy (non-hydrogen) atoms. The van der Waals surface area contributed by atoms with E-state index in [-0.39, 0.29) is 18.5 Å². The molecule has 0 bridgehead atoms. The number of carboxylic acid groups (broad SMARTS) is 1. The summed E-state index contributed by atoms with van der Waals surface area (Å²) >= 11 is 6.02. The van der Waals surface area contributed by atoms with Crippen molar-refractivity contribution in [3.63, 3.8) is 0 Å². The van der Waals surface area contributed by atoms with Crippen LogP contribution in [-0.2, 0) is 9.59 Å². The van der Waals surface area contributed by atoms with E-state index in [1.807, 2.05) is 12.1 Å². The zero-order valence-electron chi connectivity index (χ0n) is 17.1. The zero-order chi connectivity index (χ0) is 22.4. The van der Waals surface area contributed by atoms with E-state index in [9.17, 15) is 9.90 Å². The van der Waals surface area contributed by atoms with Crippen molar-refractivity contribution in [2.75, 3.05) is 25.0 Å². The van der Waals surface area contributed by atoms with Crippen molar-refractivity contribution >= 4 is 29.8 Å². The molecule has 1 aliphatic heterocycles. The molecule has 4 rings (SSSR count). The number of aryl methyl sites for hydroxylation is 1. The third-order valence-corrected chi connectivity index (χ3v) is 5.74. The average Bonchev–Trinajstić information content (AvgIpc) is 3.27. The third-order valence-electron chi connectivity index (χ3n) is 5.51. The molecular formula is C21H26ClN3O6. The van der Waals surface area contributed by atoms with E-state index in [0.29, 0.717) is 47.2 Å². The normalized spacial score (nSPS) is 25.1. The first kappa shape index (κ1) is 23.1. The van der Waals surface area contributed by atoms with Gasteiger partial charge in [0.15, 0.2) is 5.82 Å². The van der Waals surface area contributed by atoms with Gasteiger partial charge in [0.2, 0.25) is 5.91 Å². The number of anilines is 1. The maximum atomic E-state index is 12.3. The Bertz CT molecular complexity index is 892. The molecule has 0 unspecified atom stereocenters. The number of carbonyl (C=O) groups excluding carboxylic acids is 1. The van der Waals surface area contributed by atoms with Gasteiger partial charge in [0.25, 0.3) is 6.47 Å². The summed E-state index contributed by atoms with van der Waals surface area (Å²) in [5, 5.41) is 24.6. The fraction of sp³-hybridized carbons (Fsp3) is 0.476. The van der Waals surface area contributed by atoms with Gasteiger partial charge in [-0.05, 0) is 49.8 Å². The molecule has 1 aliphatic carbocycles. The summed E-state index contributed by atoms with van der Waals surface area (Å²) in [5.74, 6) is 2.42. The fourth-order valence-electron chi connectivity index (χ4n) is 4.27. The highest BCUT2D eigenvalue weighted by atomic mass is 35.5. The standard InChI is InChI=1S/C20H24ClN3O4.CH2O2/c1-12-5-19(23-28-12)22-20(26)11-24-9-13-6-17(25)18(7-14(13)10-24)27-16-4-2-3-15(21)8-16;2-1-3/h2-5,8,13-14,17-18,25H,6-7,9-11H2,1H3,(H,22,23,26);1H,(H,2,3)/t13-,14+,17+,18+;/m0./s1. The molecule has 2 aromatic rings. The van der Waals surface area contributed by atoms with Crippen molar-refractivity contribution < 1.29 is 29.1 Å². The van der Waals surface area contributed by atoms with Crippen LogP contribution in [0.15, 0.2) is 34.9 Å². The second-order valence-corrected chi connectivity index (χ2v) is 8.28. The molecule has 1 amide bonds. The number of benzene rings is 1. The highest BCUT2D eigenvalue weighted by Gasteiger charge is 2.43. The summed E-state index contributed by atoms with van der Waals surface area (Å²) in [6, 6.07) is 8.93. The lowest BCUT2D eigenvalue weighted by molar-refractivity contribution is -0.123. The highest BCUT2D eigenvalue weighted by molar-refractivity contribution is 6.30. The van der Waals surface area contributed by atoms with Gasteiger partial charge in [-0.25, -0.2) is 0 Å². The van der Waals surface area contributed by atoms with Gasteiger partial charge in [0, 0.05) is 24.2 Å². The Morgan fingerprint density at radius 2 is 2.06 bits per heavy atom. The number of likely N-dealkylation sites (tertiary alicyclic amines) is 1. The Morgan fingerprint density at radius 1 is 1.35 bits per heavy atom. The van der Waals surface area contributed by atoms with Gasteiger partial charge in [-0.1, -0.05) is 22.8 Å². The molecule has 1 aromatic carbocycles. The van der Waals surface area contributed by atoms with Gasteiger partial charge < -0.3 is 24.8 Å². The summed E-state index contributed by atoms with van der Waals surface area (Å²) in [7, 11) is 0. The van der Waals surface area contributed by atoms with Crippen LogP contribution in [0.3, 0.4) is 0 Å². The minimum absolute atomic E-state index is 0.112. The van der Waals surface area contributed by atoms with E-state index in [2.05, 4.69) is 15.4 Å². The molecule has 9 nitrogen and oxygen atoms in total. The first-order valence-electron chi connectivity index (χ1n) is 10.0. The van der Waals surface area contributed by atoms with Crippen LogP contribution < -0.4 is 10.1 Å². The lowest BCUT2D eigenvalue weighted by Crippen LogP contribution is -2.42. The molecule has 2 fully saturated rings. The summed E-state index contributed by atoms with van der Waals surface area (Å²) < 4.78 is 11.0. The van der Waals surface area contributed by atoms with Gasteiger partial charge in [-0.2, -0.15) is 0 Å². The van der Waals surface area contributed by atoms with Crippen LogP contribution >= 0.6 is 11.6 Å². The van der Waals surface area contributed by atoms with Crippen LogP contribution in [0.1, 0.15) is 18.6 Å². The predicted octanol–water partition coefficient (Wildman–Crippen LogP) is 2.43. The molecule has 0 radical (unpaired) electrons. The Kier molecular flexibility index (Phi) is 7.89. The molecule has 168 valence electrons. The number of hydrogen-bond donors (Lipinski definition) is 3. The summed E-state index contributed by atoms with van der Waals surface area (Å²) in [5.41, 5.74) is 0. The number of nitrogens with zero attached hydrogens (tertiary/aromatic N) is 2. The Labute approximate surface area is 184 Å². The summed E-state index contributed by atoms with van der Waals surface area (Å²) in [6.45, 7) is 3.45. The Morgan fingerprint density at radius 3 is 2.71 bits per heavy atom. The van der Waals surface area contributed by atoms with E-state index in [1.54, 1.807) is 25.1 Å². The number of amides is 1. The lowest BCUT2D eigenvalue weighted by atomic mass is 9.78.